The maximum atomic E-state index is 11.5. The third-order valence-corrected chi connectivity index (χ3v) is 1.30. The third kappa shape index (κ3) is 9.47. The molecule has 0 aromatic carbocycles. The summed E-state index contributed by atoms with van der Waals surface area (Å²) in [7, 11) is 0. The molecule has 0 atom stereocenters. The molecule has 0 spiro atoms. The Hall–Kier alpha value is -1.08. The second-order valence-corrected chi connectivity index (χ2v) is 2.82. The number of rotatable bonds is 7. The molecule has 0 aromatic heterocycles. The summed E-state index contributed by atoms with van der Waals surface area (Å²) < 4.78 is 47.2. The first kappa shape index (κ1) is 14.9. The van der Waals surface area contributed by atoms with Crippen molar-refractivity contribution in [3.63, 3.8) is 0 Å². The van der Waals surface area contributed by atoms with Crippen LogP contribution < -0.4 is 0 Å². The van der Waals surface area contributed by atoms with Crippen molar-refractivity contribution in [2.75, 3.05) is 26.4 Å². The Morgan fingerprint density at radius 3 is 2.25 bits per heavy atom. The molecule has 0 aliphatic heterocycles. The van der Waals surface area contributed by atoms with Crippen LogP contribution in [0.25, 0.3) is 0 Å². The summed E-state index contributed by atoms with van der Waals surface area (Å²) in [6.45, 7) is 4.02. The molecule has 94 valence electrons. The molecule has 0 aromatic rings. The van der Waals surface area contributed by atoms with Crippen molar-refractivity contribution in [1.29, 1.82) is 0 Å². The maximum Gasteiger partial charge on any atom is 0.522 e. The summed E-state index contributed by atoms with van der Waals surface area (Å²) >= 11 is 0. The van der Waals surface area contributed by atoms with Gasteiger partial charge in [0.25, 0.3) is 0 Å². The van der Waals surface area contributed by atoms with Gasteiger partial charge in [-0.25, -0.2) is 4.79 Å². The lowest BCUT2D eigenvalue weighted by molar-refractivity contribution is -0.327. The van der Waals surface area contributed by atoms with Gasteiger partial charge >= 0.3 is 12.3 Å². The molecule has 7 heteroatoms. The van der Waals surface area contributed by atoms with Crippen molar-refractivity contribution in [2.24, 2.45) is 0 Å². The fourth-order valence-corrected chi connectivity index (χ4v) is 0.635. The van der Waals surface area contributed by atoms with Crippen molar-refractivity contribution in [3.8, 4) is 0 Å². The van der Waals surface area contributed by atoms with Crippen LogP contribution in [0.4, 0.5) is 13.2 Å². The van der Waals surface area contributed by atoms with E-state index in [0.29, 0.717) is 0 Å². The molecule has 0 amide bonds. The average molecular weight is 242 g/mol. The first-order valence-electron chi connectivity index (χ1n) is 4.44. The van der Waals surface area contributed by atoms with Crippen LogP contribution in [0.1, 0.15) is 6.92 Å². The molecule has 0 rings (SSSR count). The monoisotopic (exact) mass is 242 g/mol. The van der Waals surface area contributed by atoms with E-state index in [1.807, 2.05) is 0 Å². The molecular weight excluding hydrogens is 229 g/mol. The Morgan fingerprint density at radius 1 is 1.19 bits per heavy atom. The van der Waals surface area contributed by atoms with Crippen molar-refractivity contribution >= 4 is 5.97 Å². The molecule has 0 bridgehead atoms. The number of halogens is 3. The van der Waals surface area contributed by atoms with Crippen LogP contribution in [0.5, 0.6) is 0 Å². The second kappa shape index (κ2) is 7.24. The van der Waals surface area contributed by atoms with Crippen LogP contribution in [0.2, 0.25) is 0 Å². The number of alkyl halides is 3. The average Bonchev–Trinajstić information content (AvgIpc) is 2.14. The highest BCUT2D eigenvalue weighted by Crippen LogP contribution is 2.15. The van der Waals surface area contributed by atoms with Gasteiger partial charge < -0.3 is 9.47 Å². The fourth-order valence-electron chi connectivity index (χ4n) is 0.635. The number of carbonyl (C=O) groups excluding carboxylic acids is 1. The lowest BCUT2D eigenvalue weighted by atomic mass is 10.4. The zero-order chi connectivity index (χ0) is 12.6. The number of esters is 1. The standard InChI is InChI=1S/C9H13F3O4/c1-7(2)8(13)15-5-3-14-4-6-16-9(10,11)12/h1,3-6H2,2H3. The summed E-state index contributed by atoms with van der Waals surface area (Å²) in [5.41, 5.74) is 0.250. The topological polar surface area (TPSA) is 44.8 Å². The van der Waals surface area contributed by atoms with Crippen molar-refractivity contribution in [2.45, 2.75) is 13.3 Å². The maximum absolute atomic E-state index is 11.5. The number of ether oxygens (including phenoxy) is 3. The summed E-state index contributed by atoms with van der Waals surface area (Å²) in [5, 5.41) is 0. The summed E-state index contributed by atoms with van der Waals surface area (Å²) in [5.74, 6) is -0.560. The van der Waals surface area contributed by atoms with Crippen molar-refractivity contribution in [1.82, 2.24) is 0 Å². The third-order valence-electron chi connectivity index (χ3n) is 1.30. The molecule has 0 saturated heterocycles. The number of hydrogen-bond donors (Lipinski definition) is 0. The quantitative estimate of drug-likeness (QED) is 0.387. The summed E-state index contributed by atoms with van der Waals surface area (Å²) in [6, 6.07) is 0. The molecular formula is C9H13F3O4. The van der Waals surface area contributed by atoms with Crippen LogP contribution in [0.15, 0.2) is 12.2 Å². The van der Waals surface area contributed by atoms with Gasteiger partial charge in [0.05, 0.1) is 19.8 Å². The Labute approximate surface area is 91.0 Å². The van der Waals surface area contributed by atoms with E-state index >= 15 is 0 Å². The predicted octanol–water partition coefficient (Wildman–Crippen LogP) is 1.66. The van der Waals surface area contributed by atoms with E-state index in [9.17, 15) is 18.0 Å². The Morgan fingerprint density at radius 2 is 1.75 bits per heavy atom. The highest BCUT2D eigenvalue weighted by atomic mass is 19.4. The van der Waals surface area contributed by atoms with E-state index in [-0.39, 0.29) is 25.4 Å². The Bertz CT molecular complexity index is 237. The minimum Gasteiger partial charge on any atom is -0.460 e. The summed E-state index contributed by atoms with van der Waals surface area (Å²) in [6.07, 6.45) is -4.64. The summed E-state index contributed by atoms with van der Waals surface area (Å²) in [4.78, 5) is 10.8. The van der Waals surface area contributed by atoms with Crippen LogP contribution >= 0.6 is 0 Å². The van der Waals surface area contributed by atoms with E-state index in [4.69, 9.17) is 4.74 Å². The SMILES string of the molecule is C=C(C)C(=O)OCCOCCOC(F)(F)F. The van der Waals surface area contributed by atoms with E-state index < -0.39 is 18.9 Å². The van der Waals surface area contributed by atoms with E-state index in [2.05, 4.69) is 16.1 Å². The molecule has 0 heterocycles. The molecule has 0 aliphatic carbocycles. The normalized spacial score (nSPS) is 11.2. The highest BCUT2D eigenvalue weighted by Gasteiger charge is 2.28. The lowest BCUT2D eigenvalue weighted by Crippen LogP contribution is -2.18. The smallest absolute Gasteiger partial charge is 0.460 e. The van der Waals surface area contributed by atoms with Crippen molar-refractivity contribution in [3.05, 3.63) is 12.2 Å². The first-order valence-corrected chi connectivity index (χ1v) is 4.44. The van der Waals surface area contributed by atoms with Gasteiger partial charge in [0.15, 0.2) is 0 Å². The largest absolute Gasteiger partial charge is 0.522 e. The Balaban J connectivity index is 3.29. The lowest BCUT2D eigenvalue weighted by Gasteiger charge is -2.08. The fraction of sp³-hybridized carbons (Fsp3) is 0.667. The molecule has 0 N–H and O–H groups in total. The molecule has 0 saturated carbocycles. The van der Waals surface area contributed by atoms with Crippen LogP contribution in [0, 0.1) is 0 Å². The minimum absolute atomic E-state index is 0.0141. The molecule has 0 radical (unpaired) electrons. The molecule has 4 nitrogen and oxygen atoms in total. The predicted molar refractivity (Wildman–Crippen MR) is 48.6 cm³/mol. The van der Waals surface area contributed by atoms with Gasteiger partial charge in [0, 0.05) is 5.57 Å². The molecule has 16 heavy (non-hydrogen) atoms. The van der Waals surface area contributed by atoms with Crippen molar-refractivity contribution < 1.29 is 32.2 Å². The van der Waals surface area contributed by atoms with E-state index in [1.54, 1.807) is 0 Å². The van der Waals surface area contributed by atoms with Crippen LogP contribution in [0.3, 0.4) is 0 Å². The van der Waals surface area contributed by atoms with Crippen LogP contribution in [-0.2, 0) is 19.0 Å². The van der Waals surface area contributed by atoms with Gasteiger partial charge in [-0.1, -0.05) is 6.58 Å². The second-order valence-electron chi connectivity index (χ2n) is 2.82. The zero-order valence-electron chi connectivity index (χ0n) is 8.80. The van der Waals surface area contributed by atoms with Gasteiger partial charge in [0.1, 0.15) is 6.61 Å². The zero-order valence-corrected chi connectivity index (χ0v) is 8.80. The van der Waals surface area contributed by atoms with E-state index in [0.717, 1.165) is 0 Å². The van der Waals surface area contributed by atoms with Gasteiger partial charge in [-0.05, 0) is 6.92 Å². The highest BCUT2D eigenvalue weighted by molar-refractivity contribution is 5.86. The van der Waals surface area contributed by atoms with E-state index in [1.165, 1.54) is 6.92 Å². The van der Waals surface area contributed by atoms with Crippen LogP contribution in [-0.4, -0.2) is 38.8 Å². The molecule has 0 aliphatic rings. The number of carbonyl (C=O) groups is 1. The number of hydrogen-bond acceptors (Lipinski definition) is 4. The minimum atomic E-state index is -4.64. The van der Waals surface area contributed by atoms with Gasteiger partial charge in [-0.2, -0.15) is 0 Å². The molecule has 0 fully saturated rings. The molecule has 0 unspecified atom stereocenters. The van der Waals surface area contributed by atoms with Gasteiger partial charge in [0.2, 0.25) is 0 Å². The first-order chi connectivity index (χ1) is 7.33. The van der Waals surface area contributed by atoms with Gasteiger partial charge in [-0.15, -0.1) is 13.2 Å². The Kier molecular flexibility index (Phi) is 6.75. The van der Waals surface area contributed by atoms with Gasteiger partial charge in [-0.3, -0.25) is 4.74 Å².